The van der Waals surface area contributed by atoms with Gasteiger partial charge in [0, 0.05) is 26.2 Å². The number of likely N-dealkylation sites (tertiary alicyclic amines) is 1. The van der Waals surface area contributed by atoms with Crippen molar-refractivity contribution in [2.75, 3.05) is 32.8 Å². The van der Waals surface area contributed by atoms with Gasteiger partial charge in [-0.05, 0) is 36.0 Å². The lowest BCUT2D eigenvalue weighted by atomic mass is 9.87. The van der Waals surface area contributed by atoms with E-state index in [-0.39, 0.29) is 42.2 Å². The Hall–Kier alpha value is -1.79. The van der Waals surface area contributed by atoms with Crippen molar-refractivity contribution < 1.29 is 14.3 Å². The van der Waals surface area contributed by atoms with Crippen molar-refractivity contribution >= 4 is 24.2 Å². The zero-order valence-corrected chi connectivity index (χ0v) is 17.3. The van der Waals surface area contributed by atoms with Crippen molar-refractivity contribution in [3.63, 3.8) is 0 Å². The monoisotopic (exact) mass is 397 g/mol. The Balaban J connectivity index is 0.00000364. The summed E-state index contributed by atoms with van der Waals surface area (Å²) < 4.78 is 5.64. The standard InChI is InChI=1S/C20H31N3O3.ClH/c1-20(2,3)16-6-8-17(9-7-16)26-14-18(24)23-12-4-5-15(13-23)19(25)22-11-10-21;/h6-9,15H,4-5,10-14,21H2,1-3H3,(H,22,25);1H. The summed E-state index contributed by atoms with van der Waals surface area (Å²) in [7, 11) is 0. The number of nitrogens with one attached hydrogen (secondary N) is 1. The molecule has 1 saturated heterocycles. The van der Waals surface area contributed by atoms with Crippen LogP contribution >= 0.6 is 12.4 Å². The van der Waals surface area contributed by atoms with Crippen LogP contribution in [0.1, 0.15) is 39.2 Å². The molecule has 27 heavy (non-hydrogen) atoms. The zero-order valence-electron chi connectivity index (χ0n) is 16.5. The molecule has 7 heteroatoms. The lowest BCUT2D eigenvalue weighted by Gasteiger charge is -2.32. The van der Waals surface area contributed by atoms with E-state index < -0.39 is 0 Å². The summed E-state index contributed by atoms with van der Waals surface area (Å²) >= 11 is 0. The van der Waals surface area contributed by atoms with Crippen molar-refractivity contribution in [2.45, 2.75) is 39.0 Å². The Kier molecular flexibility index (Phi) is 9.06. The smallest absolute Gasteiger partial charge is 0.260 e. The van der Waals surface area contributed by atoms with Crippen LogP contribution < -0.4 is 15.8 Å². The van der Waals surface area contributed by atoms with Gasteiger partial charge in [0.25, 0.3) is 5.91 Å². The topological polar surface area (TPSA) is 84.7 Å². The molecule has 1 aliphatic rings. The SMILES string of the molecule is CC(C)(C)c1ccc(OCC(=O)N2CCCC(C(=O)NCCN)C2)cc1.Cl. The van der Waals surface area contributed by atoms with E-state index in [0.717, 1.165) is 12.8 Å². The number of carbonyl (C=O) groups is 2. The minimum Gasteiger partial charge on any atom is -0.484 e. The van der Waals surface area contributed by atoms with E-state index in [9.17, 15) is 9.59 Å². The largest absolute Gasteiger partial charge is 0.484 e. The molecule has 1 aromatic carbocycles. The molecule has 152 valence electrons. The highest BCUT2D eigenvalue weighted by molar-refractivity contribution is 5.85. The molecule has 1 aliphatic heterocycles. The summed E-state index contributed by atoms with van der Waals surface area (Å²) in [6.07, 6.45) is 1.63. The van der Waals surface area contributed by atoms with Crippen LogP contribution in [-0.2, 0) is 15.0 Å². The van der Waals surface area contributed by atoms with Crippen LogP contribution in [0.4, 0.5) is 0 Å². The predicted molar refractivity (Wildman–Crippen MR) is 109 cm³/mol. The number of amides is 2. The maximum Gasteiger partial charge on any atom is 0.260 e. The number of piperidine rings is 1. The second-order valence-corrected chi connectivity index (χ2v) is 7.82. The fourth-order valence-corrected chi connectivity index (χ4v) is 3.04. The van der Waals surface area contributed by atoms with Crippen molar-refractivity contribution in [1.29, 1.82) is 0 Å². The molecular formula is C20H32ClN3O3. The van der Waals surface area contributed by atoms with Gasteiger partial charge in [-0.15, -0.1) is 12.4 Å². The highest BCUT2D eigenvalue weighted by atomic mass is 35.5. The minimum absolute atomic E-state index is 0. The first-order chi connectivity index (χ1) is 12.3. The number of benzene rings is 1. The average molecular weight is 398 g/mol. The van der Waals surface area contributed by atoms with Gasteiger partial charge in [0.1, 0.15) is 5.75 Å². The van der Waals surface area contributed by atoms with Gasteiger partial charge < -0.3 is 20.7 Å². The summed E-state index contributed by atoms with van der Waals surface area (Å²) in [5.74, 6) is 0.416. The van der Waals surface area contributed by atoms with Gasteiger partial charge in [0.15, 0.2) is 6.61 Å². The van der Waals surface area contributed by atoms with Gasteiger partial charge in [-0.3, -0.25) is 9.59 Å². The molecule has 2 amide bonds. The maximum atomic E-state index is 12.4. The average Bonchev–Trinajstić information content (AvgIpc) is 2.63. The van der Waals surface area contributed by atoms with E-state index in [1.54, 1.807) is 4.90 Å². The zero-order chi connectivity index (χ0) is 19.2. The number of hydrogen-bond acceptors (Lipinski definition) is 4. The van der Waals surface area contributed by atoms with E-state index in [1.807, 2.05) is 24.3 Å². The number of halogens is 1. The molecule has 0 radical (unpaired) electrons. The van der Waals surface area contributed by atoms with Gasteiger partial charge in [0.2, 0.25) is 5.91 Å². The molecule has 2 rings (SSSR count). The van der Waals surface area contributed by atoms with Gasteiger partial charge >= 0.3 is 0 Å². The van der Waals surface area contributed by atoms with E-state index in [0.29, 0.717) is 31.9 Å². The second-order valence-electron chi connectivity index (χ2n) is 7.82. The van der Waals surface area contributed by atoms with Crippen LogP contribution in [0, 0.1) is 5.92 Å². The van der Waals surface area contributed by atoms with Gasteiger partial charge in [0.05, 0.1) is 5.92 Å². The van der Waals surface area contributed by atoms with Crippen LogP contribution in [0.3, 0.4) is 0 Å². The van der Waals surface area contributed by atoms with Crippen molar-refractivity contribution in [1.82, 2.24) is 10.2 Å². The molecule has 1 aromatic rings. The summed E-state index contributed by atoms with van der Waals surface area (Å²) in [6.45, 7) is 8.47. The molecule has 1 atom stereocenters. The molecular weight excluding hydrogens is 366 g/mol. The minimum atomic E-state index is -0.162. The van der Waals surface area contributed by atoms with Crippen molar-refractivity contribution in [3.05, 3.63) is 29.8 Å². The molecule has 0 aromatic heterocycles. The first-order valence-corrected chi connectivity index (χ1v) is 9.30. The van der Waals surface area contributed by atoms with E-state index >= 15 is 0 Å². The summed E-state index contributed by atoms with van der Waals surface area (Å²) in [5.41, 5.74) is 6.72. The number of rotatable bonds is 6. The third-order valence-corrected chi connectivity index (χ3v) is 4.67. The van der Waals surface area contributed by atoms with Crippen LogP contribution in [0.25, 0.3) is 0 Å². The van der Waals surface area contributed by atoms with Crippen molar-refractivity contribution in [2.24, 2.45) is 11.7 Å². The highest BCUT2D eigenvalue weighted by Crippen LogP contribution is 2.24. The Bertz CT molecular complexity index is 614. The first kappa shape index (κ1) is 23.2. The molecule has 1 heterocycles. The molecule has 1 fully saturated rings. The van der Waals surface area contributed by atoms with Crippen LogP contribution in [0.15, 0.2) is 24.3 Å². The Morgan fingerprint density at radius 1 is 1.26 bits per heavy atom. The van der Waals surface area contributed by atoms with Gasteiger partial charge in [-0.1, -0.05) is 32.9 Å². The van der Waals surface area contributed by atoms with Crippen LogP contribution in [-0.4, -0.2) is 49.5 Å². The van der Waals surface area contributed by atoms with E-state index in [4.69, 9.17) is 10.5 Å². The highest BCUT2D eigenvalue weighted by Gasteiger charge is 2.28. The number of hydrogen-bond donors (Lipinski definition) is 2. The molecule has 0 aliphatic carbocycles. The normalized spacial score (nSPS) is 17.0. The lowest BCUT2D eigenvalue weighted by molar-refractivity contribution is -0.137. The Labute approximate surface area is 168 Å². The fraction of sp³-hybridized carbons (Fsp3) is 0.600. The first-order valence-electron chi connectivity index (χ1n) is 9.30. The summed E-state index contributed by atoms with van der Waals surface area (Å²) in [5, 5.41) is 2.80. The molecule has 0 bridgehead atoms. The van der Waals surface area contributed by atoms with E-state index in [2.05, 4.69) is 26.1 Å². The molecule has 0 saturated carbocycles. The molecule has 1 unspecified atom stereocenters. The number of ether oxygens (including phenoxy) is 1. The quantitative estimate of drug-likeness (QED) is 0.769. The van der Waals surface area contributed by atoms with E-state index in [1.165, 1.54) is 5.56 Å². The maximum absolute atomic E-state index is 12.4. The van der Waals surface area contributed by atoms with Gasteiger partial charge in [-0.25, -0.2) is 0 Å². The number of nitrogens with zero attached hydrogens (tertiary/aromatic N) is 1. The summed E-state index contributed by atoms with van der Waals surface area (Å²) in [6, 6.07) is 7.84. The fourth-order valence-electron chi connectivity index (χ4n) is 3.04. The molecule has 6 nitrogen and oxygen atoms in total. The van der Waals surface area contributed by atoms with Crippen molar-refractivity contribution in [3.8, 4) is 5.75 Å². The lowest BCUT2D eigenvalue weighted by Crippen LogP contribution is -2.47. The number of carbonyl (C=O) groups excluding carboxylic acids is 2. The number of nitrogens with two attached hydrogens (primary N) is 1. The third-order valence-electron chi connectivity index (χ3n) is 4.67. The Morgan fingerprint density at radius 3 is 2.52 bits per heavy atom. The van der Waals surface area contributed by atoms with Crippen LogP contribution in [0.2, 0.25) is 0 Å². The Morgan fingerprint density at radius 2 is 1.93 bits per heavy atom. The van der Waals surface area contributed by atoms with Crippen LogP contribution in [0.5, 0.6) is 5.75 Å². The molecule has 3 N–H and O–H groups in total. The molecule has 0 spiro atoms. The third kappa shape index (κ3) is 7.03. The predicted octanol–water partition coefficient (Wildman–Crippen LogP) is 2.10. The van der Waals surface area contributed by atoms with Gasteiger partial charge in [-0.2, -0.15) is 0 Å². The second kappa shape index (κ2) is 10.5. The summed E-state index contributed by atoms with van der Waals surface area (Å²) in [4.78, 5) is 26.2.